The summed E-state index contributed by atoms with van der Waals surface area (Å²) in [5.74, 6) is 0.00599. The molecule has 7 heteroatoms. The number of esters is 1. The van der Waals surface area contributed by atoms with E-state index >= 15 is 0 Å². The van der Waals surface area contributed by atoms with Gasteiger partial charge in [-0.15, -0.1) is 0 Å². The average Bonchev–Trinajstić information content (AvgIpc) is 2.31. The number of rotatable bonds is 4. The Bertz CT molecular complexity index is 397. The standard InChI is InChI=1S/C11H22N2O4S/c1-9-5-7-11(8-6-9,10(14)17-4)12-18(15,16)13(2)3/h9,12H,5-8H2,1-4H3. The highest BCUT2D eigenvalue weighted by Gasteiger charge is 2.45. The third kappa shape index (κ3) is 3.21. The quantitative estimate of drug-likeness (QED) is 0.760. The zero-order valence-corrected chi connectivity index (χ0v) is 12.2. The third-order valence-corrected chi connectivity index (χ3v) is 5.12. The van der Waals surface area contributed by atoms with E-state index in [1.165, 1.54) is 21.2 Å². The second-order valence-corrected chi connectivity index (χ2v) is 7.03. The minimum Gasteiger partial charge on any atom is -0.468 e. The minimum atomic E-state index is -3.65. The van der Waals surface area contributed by atoms with Gasteiger partial charge < -0.3 is 4.74 Å². The van der Waals surface area contributed by atoms with E-state index in [2.05, 4.69) is 11.6 Å². The van der Waals surface area contributed by atoms with E-state index in [1.54, 1.807) is 0 Å². The lowest BCUT2D eigenvalue weighted by Gasteiger charge is -2.37. The van der Waals surface area contributed by atoms with E-state index in [1.807, 2.05) is 0 Å². The molecule has 0 aromatic rings. The molecule has 1 saturated carbocycles. The van der Waals surface area contributed by atoms with Crippen molar-refractivity contribution in [3.05, 3.63) is 0 Å². The van der Waals surface area contributed by atoms with Crippen LogP contribution in [0.5, 0.6) is 0 Å². The zero-order valence-electron chi connectivity index (χ0n) is 11.4. The van der Waals surface area contributed by atoms with Gasteiger partial charge in [-0.25, -0.2) is 0 Å². The van der Waals surface area contributed by atoms with Gasteiger partial charge in [0.05, 0.1) is 7.11 Å². The fourth-order valence-corrected chi connectivity index (χ4v) is 3.10. The first-order valence-electron chi connectivity index (χ1n) is 6.03. The van der Waals surface area contributed by atoms with Crippen LogP contribution in [-0.2, 0) is 19.7 Å². The zero-order chi connectivity index (χ0) is 14.0. The molecule has 1 N–H and O–H groups in total. The van der Waals surface area contributed by atoms with Gasteiger partial charge in [0.15, 0.2) is 0 Å². The van der Waals surface area contributed by atoms with E-state index in [4.69, 9.17) is 4.74 Å². The van der Waals surface area contributed by atoms with Gasteiger partial charge in [0, 0.05) is 14.1 Å². The normalized spacial score (nSPS) is 29.3. The molecule has 0 aromatic heterocycles. The van der Waals surface area contributed by atoms with Crippen molar-refractivity contribution in [3.8, 4) is 0 Å². The van der Waals surface area contributed by atoms with E-state index < -0.39 is 21.7 Å². The van der Waals surface area contributed by atoms with Crippen LogP contribution in [-0.4, -0.2) is 45.4 Å². The molecular weight excluding hydrogens is 256 g/mol. The van der Waals surface area contributed by atoms with Crippen LogP contribution >= 0.6 is 0 Å². The highest BCUT2D eigenvalue weighted by molar-refractivity contribution is 7.87. The van der Waals surface area contributed by atoms with Crippen molar-refractivity contribution in [2.75, 3.05) is 21.2 Å². The summed E-state index contributed by atoms with van der Waals surface area (Å²) in [5, 5.41) is 0. The molecule has 18 heavy (non-hydrogen) atoms. The molecule has 0 heterocycles. The van der Waals surface area contributed by atoms with Crippen LogP contribution in [0.15, 0.2) is 0 Å². The molecule has 1 aliphatic carbocycles. The summed E-state index contributed by atoms with van der Waals surface area (Å²) in [6.07, 6.45) is 2.58. The number of carbonyl (C=O) groups excluding carboxylic acids is 1. The van der Waals surface area contributed by atoms with E-state index in [-0.39, 0.29) is 0 Å². The van der Waals surface area contributed by atoms with Crippen molar-refractivity contribution in [2.45, 2.75) is 38.1 Å². The van der Waals surface area contributed by atoms with Crippen molar-refractivity contribution in [3.63, 3.8) is 0 Å². The fourth-order valence-electron chi connectivity index (χ4n) is 2.14. The first-order chi connectivity index (χ1) is 8.23. The minimum absolute atomic E-state index is 0.480. The molecule has 0 spiro atoms. The van der Waals surface area contributed by atoms with Gasteiger partial charge in [0.2, 0.25) is 0 Å². The number of carbonyl (C=O) groups is 1. The summed E-state index contributed by atoms with van der Waals surface area (Å²) < 4.78 is 32.2. The van der Waals surface area contributed by atoms with Gasteiger partial charge in [-0.1, -0.05) is 6.92 Å². The van der Waals surface area contributed by atoms with Crippen LogP contribution in [0, 0.1) is 5.92 Å². The lowest BCUT2D eigenvalue weighted by molar-refractivity contribution is -0.149. The summed E-state index contributed by atoms with van der Waals surface area (Å²) in [4.78, 5) is 11.9. The number of nitrogens with zero attached hydrogens (tertiary/aromatic N) is 1. The summed E-state index contributed by atoms with van der Waals surface area (Å²) in [6.45, 7) is 2.10. The Labute approximate surface area is 109 Å². The van der Waals surface area contributed by atoms with Crippen molar-refractivity contribution in [1.29, 1.82) is 0 Å². The Morgan fingerprint density at radius 2 is 1.83 bits per heavy atom. The number of nitrogens with one attached hydrogen (secondary N) is 1. The highest BCUT2D eigenvalue weighted by Crippen LogP contribution is 2.33. The first kappa shape index (κ1) is 15.4. The fraction of sp³-hybridized carbons (Fsp3) is 0.909. The Hall–Kier alpha value is -0.660. The van der Waals surface area contributed by atoms with Crippen LogP contribution in [0.3, 0.4) is 0 Å². The van der Waals surface area contributed by atoms with Crippen molar-refractivity contribution in [2.24, 2.45) is 5.92 Å². The van der Waals surface area contributed by atoms with Gasteiger partial charge in [0.25, 0.3) is 10.2 Å². The molecule has 1 aliphatic rings. The topological polar surface area (TPSA) is 75.7 Å². The lowest BCUT2D eigenvalue weighted by Crippen LogP contribution is -2.58. The van der Waals surface area contributed by atoms with Gasteiger partial charge in [0.1, 0.15) is 5.54 Å². The monoisotopic (exact) mass is 278 g/mol. The molecule has 0 radical (unpaired) electrons. The van der Waals surface area contributed by atoms with Crippen molar-refractivity contribution < 1.29 is 17.9 Å². The molecule has 0 bridgehead atoms. The molecule has 0 atom stereocenters. The van der Waals surface area contributed by atoms with Gasteiger partial charge in [-0.3, -0.25) is 4.79 Å². The van der Waals surface area contributed by atoms with E-state index in [0.717, 1.165) is 17.1 Å². The largest absolute Gasteiger partial charge is 0.468 e. The number of methoxy groups -OCH3 is 1. The predicted molar refractivity (Wildman–Crippen MR) is 68.1 cm³/mol. The Morgan fingerprint density at radius 1 is 1.33 bits per heavy atom. The second kappa shape index (κ2) is 5.54. The Balaban J connectivity index is 2.97. The number of ether oxygens (including phenoxy) is 1. The maximum Gasteiger partial charge on any atom is 0.327 e. The molecule has 6 nitrogen and oxygen atoms in total. The third-order valence-electron chi connectivity index (χ3n) is 3.51. The molecule has 0 aromatic carbocycles. The van der Waals surface area contributed by atoms with E-state index in [0.29, 0.717) is 18.8 Å². The van der Waals surface area contributed by atoms with Crippen LogP contribution in [0.4, 0.5) is 0 Å². The molecule has 0 unspecified atom stereocenters. The summed E-state index contributed by atoms with van der Waals surface area (Å²) >= 11 is 0. The van der Waals surface area contributed by atoms with Crippen LogP contribution < -0.4 is 4.72 Å². The number of hydrogen-bond acceptors (Lipinski definition) is 4. The highest BCUT2D eigenvalue weighted by atomic mass is 32.2. The summed E-state index contributed by atoms with van der Waals surface area (Å²) in [5.41, 5.74) is -1.11. The van der Waals surface area contributed by atoms with Crippen molar-refractivity contribution >= 4 is 16.2 Å². The Morgan fingerprint density at radius 3 is 2.22 bits per heavy atom. The van der Waals surface area contributed by atoms with Gasteiger partial charge in [-0.2, -0.15) is 17.4 Å². The number of hydrogen-bond donors (Lipinski definition) is 1. The lowest BCUT2D eigenvalue weighted by atomic mass is 9.78. The SMILES string of the molecule is COC(=O)C1(NS(=O)(=O)N(C)C)CCC(C)CC1. The maximum absolute atomic E-state index is 11.9. The van der Waals surface area contributed by atoms with Crippen molar-refractivity contribution in [1.82, 2.24) is 9.03 Å². The molecule has 1 fully saturated rings. The van der Waals surface area contributed by atoms with Gasteiger partial charge >= 0.3 is 5.97 Å². The smallest absolute Gasteiger partial charge is 0.327 e. The molecule has 1 rings (SSSR count). The Kier molecular flexibility index (Phi) is 4.74. The van der Waals surface area contributed by atoms with Gasteiger partial charge in [-0.05, 0) is 31.6 Å². The maximum atomic E-state index is 11.9. The van der Waals surface area contributed by atoms with E-state index in [9.17, 15) is 13.2 Å². The van der Waals surface area contributed by atoms with Crippen LogP contribution in [0.25, 0.3) is 0 Å². The van der Waals surface area contributed by atoms with Crippen LogP contribution in [0.1, 0.15) is 32.6 Å². The molecule has 0 amide bonds. The second-order valence-electron chi connectivity index (χ2n) is 5.15. The summed E-state index contributed by atoms with van der Waals surface area (Å²) in [6, 6.07) is 0. The first-order valence-corrected chi connectivity index (χ1v) is 7.47. The van der Waals surface area contributed by atoms with Crippen LogP contribution in [0.2, 0.25) is 0 Å². The molecule has 0 aliphatic heterocycles. The summed E-state index contributed by atoms with van der Waals surface area (Å²) in [7, 11) is 0.496. The average molecular weight is 278 g/mol. The predicted octanol–water partition coefficient (Wildman–Crippen LogP) is 0.504. The molecule has 106 valence electrons. The molecular formula is C11H22N2O4S. The molecule has 0 saturated heterocycles.